The summed E-state index contributed by atoms with van der Waals surface area (Å²) in [7, 11) is -22.8. The van der Waals surface area contributed by atoms with Crippen molar-refractivity contribution in [3.8, 4) is 23.0 Å². The van der Waals surface area contributed by atoms with Crippen molar-refractivity contribution in [1.82, 2.24) is 0 Å². The number of phosphoric acid groups is 4. The van der Waals surface area contributed by atoms with Crippen LogP contribution in [0.2, 0.25) is 0 Å². The van der Waals surface area contributed by atoms with Crippen molar-refractivity contribution in [2.75, 3.05) is 73.0 Å². The van der Waals surface area contributed by atoms with Crippen LogP contribution in [0.5, 0.6) is 23.0 Å². The molecule has 0 saturated heterocycles. The van der Waals surface area contributed by atoms with Gasteiger partial charge in [-0.3, -0.25) is 16.8 Å². The predicted octanol–water partition coefficient (Wildman–Crippen LogP) is 6.86. The second-order valence-corrected chi connectivity index (χ2v) is 32.7. The molecule has 24 nitrogen and oxygen atoms in total. The molecule has 0 aliphatic heterocycles. The second kappa shape index (κ2) is 50.3. The van der Waals surface area contributed by atoms with Crippen LogP contribution in [0, 0.1) is 0 Å². The van der Waals surface area contributed by atoms with Crippen LogP contribution in [-0.2, 0) is 139 Å². The van der Waals surface area contributed by atoms with Crippen LogP contribution in [0.1, 0.15) is 203 Å². The maximum Gasteiger partial charge on any atom is 2.00 e. The quantitative estimate of drug-likeness (QED) is 0.0505. The molecule has 0 unspecified atom stereocenters. The molecule has 4 aromatic carbocycles. The normalized spacial score (nSPS) is 11.1. The summed E-state index contributed by atoms with van der Waals surface area (Å²) in [6, 6.07) is 13.1. The van der Waals surface area contributed by atoms with Crippen LogP contribution in [0.15, 0.2) is 48.5 Å². The average Bonchev–Trinajstić information content (AvgIpc) is 3.28. The Balaban J connectivity index is -0.000000155. The summed E-state index contributed by atoms with van der Waals surface area (Å²) in [5.74, 6) is 0.565. The number of phosphoric ester groups is 4. The first-order chi connectivity index (χ1) is 39.4. The SMILES string of the molecule is CC(C)c1cc(N)cc(C(C)C)c1OP(=O)([O-])[O-].CC(C)c1cc(N)cc(C(C)C)c1OP(=O)([O-])[O-].CC(C)c1cc(N)cc(C(C)C)c1OP(=O)([O-])[O-].CC(C)c1cc(N)cc(C(C)C)c1OP(=O)([O-])[O-].CS(C)=O.CS(C)=O.CS(C)=O.CS(C)=O.[Zn+2].[Zn+2].[Zn+2].[Zn+2]. The zero-order valence-corrected chi connectivity index (χ0v) is 76.7. The summed E-state index contributed by atoms with van der Waals surface area (Å²) in [5.41, 5.74) is 30.3. The predicted molar refractivity (Wildman–Crippen MR) is 349 cm³/mol. The maximum atomic E-state index is 10.9. The van der Waals surface area contributed by atoms with E-state index in [1.54, 1.807) is 98.6 Å². The Kier molecular flexibility index (Phi) is 58.5. The smallest absolute Gasteiger partial charge is 0.780 e. The van der Waals surface area contributed by atoms with Crippen LogP contribution >= 0.6 is 31.3 Å². The molecule has 4 aromatic rings. The molecule has 0 aromatic heterocycles. The van der Waals surface area contributed by atoms with Crippen LogP contribution in [-0.4, -0.2) is 66.9 Å². The molecule has 0 fully saturated rings. The van der Waals surface area contributed by atoms with Crippen molar-refractivity contribution in [2.45, 2.75) is 158 Å². The van der Waals surface area contributed by atoms with E-state index in [1.807, 2.05) is 111 Å². The minimum atomic E-state index is -5.08. The molecule has 512 valence electrons. The molecule has 0 aliphatic rings. The zero-order valence-electron chi connectivity index (χ0n) is 58.0. The molecule has 0 atom stereocenters. The standard InChI is InChI=1S/4C12H20NO4P.4C2H6OS.4Zn/c4*1-7(2)10-5-9(13)6-11(8(3)4)12(10)17-18(14,15)16;4*1-4(2)3;;;;/h4*5-8H,13H2,1-4H3,(H2,14,15,16);4*1-2H3;;;;/q;;;;;;;;4*+2/p-8. The molecule has 36 heteroatoms. The van der Waals surface area contributed by atoms with Crippen molar-refractivity contribution in [2.24, 2.45) is 0 Å². The molecule has 4 rings (SSSR count). The molecule has 0 aliphatic carbocycles. The van der Waals surface area contributed by atoms with Crippen molar-refractivity contribution < 1.29 is 170 Å². The number of nitrogen functional groups attached to an aromatic ring is 4. The van der Waals surface area contributed by atoms with Gasteiger partial charge in [0.05, 0.1) is 0 Å². The third kappa shape index (κ3) is 52.1. The molecular formula is C56H96N4O20P4S4Zn4. The van der Waals surface area contributed by atoms with Gasteiger partial charge in [0, 0.05) is 116 Å². The Morgan fingerprint density at radius 3 is 0.402 bits per heavy atom. The van der Waals surface area contributed by atoms with E-state index in [0.29, 0.717) is 67.3 Å². The first-order valence-electron chi connectivity index (χ1n) is 27.0. The minimum absolute atomic E-state index is 0. The van der Waals surface area contributed by atoms with E-state index in [9.17, 15) is 74.2 Å². The molecule has 0 heterocycles. The number of benzene rings is 4. The molecule has 0 radical (unpaired) electrons. The average molecular weight is 1660 g/mol. The Labute approximate surface area is 609 Å². The van der Waals surface area contributed by atoms with E-state index in [2.05, 4.69) is 18.1 Å². The topological polar surface area (TPSA) is 462 Å². The summed E-state index contributed by atoms with van der Waals surface area (Å²) in [5, 5.41) is 0. The number of nitrogens with two attached hydrogens (primary N) is 4. The van der Waals surface area contributed by atoms with E-state index in [-0.39, 0.29) is 148 Å². The first-order valence-corrected chi connectivity index (χ1v) is 40.7. The molecule has 0 saturated carbocycles. The third-order valence-corrected chi connectivity index (χ3v) is 12.1. The summed E-state index contributed by atoms with van der Waals surface area (Å²) in [6.07, 6.45) is 13.1. The maximum absolute atomic E-state index is 10.9. The number of rotatable bonds is 16. The summed E-state index contributed by atoms with van der Waals surface area (Å²) < 4.78 is 100. The van der Waals surface area contributed by atoms with Gasteiger partial charge >= 0.3 is 77.9 Å². The molecule has 8 N–H and O–H groups in total. The van der Waals surface area contributed by atoms with E-state index in [1.165, 1.54) is 0 Å². The van der Waals surface area contributed by atoms with Crippen molar-refractivity contribution in [3.63, 3.8) is 0 Å². The molecule has 92 heavy (non-hydrogen) atoms. The fraction of sp³-hybridized carbons (Fsp3) is 0.571. The van der Waals surface area contributed by atoms with Gasteiger partial charge in [0.2, 0.25) is 0 Å². The van der Waals surface area contributed by atoms with Crippen molar-refractivity contribution >= 4 is 97.2 Å². The van der Waals surface area contributed by atoms with Gasteiger partial charge in [-0.05, 0) is 140 Å². The second-order valence-electron chi connectivity index (χ2n) is 22.5. The minimum Gasteiger partial charge on any atom is -0.780 e. The van der Waals surface area contributed by atoms with Crippen LogP contribution < -0.4 is 80.2 Å². The van der Waals surface area contributed by atoms with Gasteiger partial charge in [-0.15, -0.1) is 0 Å². The number of hydrogen-bond acceptors (Lipinski definition) is 24. The van der Waals surface area contributed by atoms with E-state index in [4.69, 9.17) is 22.9 Å². The van der Waals surface area contributed by atoms with Crippen molar-refractivity contribution in [3.05, 3.63) is 93.0 Å². The van der Waals surface area contributed by atoms with Crippen molar-refractivity contribution in [1.29, 1.82) is 0 Å². The summed E-state index contributed by atoms with van der Waals surface area (Å²) >= 11 is 0. The summed E-state index contributed by atoms with van der Waals surface area (Å²) in [6.45, 7) is 30.1. The van der Waals surface area contributed by atoms with E-state index in [0.717, 1.165) is 0 Å². The van der Waals surface area contributed by atoms with Gasteiger partial charge in [0.15, 0.2) is 0 Å². The van der Waals surface area contributed by atoms with Crippen LogP contribution in [0.3, 0.4) is 0 Å². The van der Waals surface area contributed by atoms with Gasteiger partial charge in [0.1, 0.15) is 54.3 Å². The van der Waals surface area contributed by atoms with E-state index >= 15 is 0 Å². The fourth-order valence-corrected chi connectivity index (χ4v) is 8.83. The van der Waals surface area contributed by atoms with Gasteiger partial charge < -0.3 is 98.4 Å². The number of anilines is 4. The Morgan fingerprint density at radius 2 is 0.348 bits per heavy atom. The zero-order chi connectivity index (χ0) is 70.7. The molecular weight excluding hydrogens is 1560 g/mol. The van der Waals surface area contributed by atoms with E-state index < -0.39 is 74.5 Å². The van der Waals surface area contributed by atoms with Gasteiger partial charge in [-0.25, -0.2) is 0 Å². The van der Waals surface area contributed by atoms with Gasteiger partial charge in [-0.1, -0.05) is 111 Å². The Bertz CT molecular complexity index is 2570. The largest absolute Gasteiger partial charge is 2.00 e. The fourth-order valence-electron chi connectivity index (χ4n) is 7.09. The summed E-state index contributed by atoms with van der Waals surface area (Å²) in [4.78, 5) is 86.8. The molecule has 0 bridgehead atoms. The van der Waals surface area contributed by atoms with Gasteiger partial charge in [0.25, 0.3) is 0 Å². The molecule has 0 amide bonds. The third-order valence-electron chi connectivity index (χ3n) is 10.5. The number of hydrogen-bond donors (Lipinski definition) is 4. The Hall–Kier alpha value is -1.03. The van der Waals surface area contributed by atoms with Gasteiger partial charge in [-0.2, -0.15) is 0 Å². The Morgan fingerprint density at radius 1 is 0.272 bits per heavy atom. The van der Waals surface area contributed by atoms with Crippen LogP contribution in [0.25, 0.3) is 0 Å². The monoisotopic (exact) mass is 1650 g/mol. The molecule has 0 spiro atoms. The van der Waals surface area contributed by atoms with Crippen LogP contribution in [0.4, 0.5) is 22.7 Å². The first kappa shape index (κ1) is 107.